The van der Waals surface area contributed by atoms with Gasteiger partial charge in [0.1, 0.15) is 0 Å². The van der Waals surface area contributed by atoms with Crippen molar-refractivity contribution in [3.8, 4) is 0 Å². The molecule has 4 heteroatoms. The summed E-state index contributed by atoms with van der Waals surface area (Å²) in [5, 5.41) is 4.02. The van der Waals surface area contributed by atoms with Gasteiger partial charge in [-0.15, -0.1) is 6.58 Å². The van der Waals surface area contributed by atoms with Crippen LogP contribution in [0.4, 0.5) is 0 Å². The van der Waals surface area contributed by atoms with Gasteiger partial charge in [-0.25, -0.2) is 0 Å². The van der Waals surface area contributed by atoms with Crippen LogP contribution in [-0.4, -0.2) is 25.2 Å². The minimum atomic E-state index is -0.314. The van der Waals surface area contributed by atoms with Gasteiger partial charge >= 0.3 is 0 Å². The van der Waals surface area contributed by atoms with Crippen LogP contribution >= 0.6 is 11.6 Å². The van der Waals surface area contributed by atoms with Crippen LogP contribution in [0.1, 0.15) is 43.6 Å². The van der Waals surface area contributed by atoms with E-state index in [-0.39, 0.29) is 17.4 Å². The van der Waals surface area contributed by atoms with Gasteiger partial charge < -0.3 is 10.1 Å². The molecule has 1 aliphatic carbocycles. The molecule has 1 heterocycles. The molecular formula is C19H24ClNO2. The Morgan fingerprint density at radius 2 is 1.96 bits per heavy atom. The Bertz CT molecular complexity index is 557. The van der Waals surface area contributed by atoms with Gasteiger partial charge in [0.2, 0.25) is 5.91 Å². The monoisotopic (exact) mass is 333 g/mol. The number of halogens is 1. The fourth-order valence-corrected chi connectivity index (χ4v) is 3.77. The molecule has 3 rings (SSSR count). The summed E-state index contributed by atoms with van der Waals surface area (Å²) in [7, 11) is 0. The number of nitrogens with one attached hydrogen (secondary N) is 1. The lowest BCUT2D eigenvalue weighted by Crippen LogP contribution is -2.51. The maximum absolute atomic E-state index is 12.8. The van der Waals surface area contributed by atoms with Crippen LogP contribution in [0.3, 0.4) is 0 Å². The first-order valence-electron chi connectivity index (χ1n) is 8.38. The summed E-state index contributed by atoms with van der Waals surface area (Å²) in [4.78, 5) is 12.8. The smallest absolute Gasteiger partial charge is 0.226 e. The third kappa shape index (κ3) is 3.61. The first kappa shape index (κ1) is 16.5. The van der Waals surface area contributed by atoms with E-state index in [1.54, 1.807) is 0 Å². The molecule has 0 unspecified atom stereocenters. The number of hydrogen-bond donors (Lipinski definition) is 1. The number of rotatable bonds is 5. The lowest BCUT2D eigenvalue weighted by atomic mass is 9.73. The van der Waals surface area contributed by atoms with Crippen LogP contribution in [0.15, 0.2) is 36.9 Å². The Morgan fingerprint density at radius 3 is 2.57 bits per heavy atom. The SMILES string of the molecule is C=CCC1(C(=O)NC2CC(c3ccc(Cl)cc3)C2)CCOCC1. The number of ether oxygens (including phenoxy) is 1. The predicted molar refractivity (Wildman–Crippen MR) is 92.7 cm³/mol. The number of carbonyl (C=O) groups is 1. The summed E-state index contributed by atoms with van der Waals surface area (Å²) in [6.45, 7) is 5.15. The second-order valence-electron chi connectivity index (χ2n) is 6.78. The van der Waals surface area contributed by atoms with Gasteiger partial charge in [-0.05, 0) is 55.7 Å². The maximum atomic E-state index is 12.8. The van der Waals surface area contributed by atoms with Crippen molar-refractivity contribution in [2.75, 3.05) is 13.2 Å². The van der Waals surface area contributed by atoms with E-state index in [9.17, 15) is 4.79 Å². The largest absolute Gasteiger partial charge is 0.381 e. The van der Waals surface area contributed by atoms with Gasteiger partial charge in [0.25, 0.3) is 0 Å². The summed E-state index contributed by atoms with van der Waals surface area (Å²) in [6.07, 6.45) is 6.19. The van der Waals surface area contributed by atoms with Gasteiger partial charge in [-0.3, -0.25) is 4.79 Å². The molecule has 1 aromatic rings. The first-order valence-corrected chi connectivity index (χ1v) is 8.76. The van der Waals surface area contributed by atoms with Crippen LogP contribution in [0.5, 0.6) is 0 Å². The molecule has 1 aromatic carbocycles. The molecule has 2 fully saturated rings. The molecule has 1 saturated heterocycles. The van der Waals surface area contributed by atoms with Crippen LogP contribution in [-0.2, 0) is 9.53 Å². The first-order chi connectivity index (χ1) is 11.1. The molecule has 1 saturated carbocycles. The van der Waals surface area contributed by atoms with Crippen molar-refractivity contribution in [1.82, 2.24) is 5.32 Å². The van der Waals surface area contributed by atoms with Crippen molar-refractivity contribution in [2.24, 2.45) is 5.41 Å². The molecule has 124 valence electrons. The Morgan fingerprint density at radius 1 is 1.30 bits per heavy atom. The van der Waals surface area contributed by atoms with Gasteiger partial charge in [0.05, 0.1) is 5.41 Å². The summed E-state index contributed by atoms with van der Waals surface area (Å²) in [5.41, 5.74) is 0.998. The van der Waals surface area contributed by atoms with E-state index in [0.29, 0.717) is 19.1 Å². The highest BCUT2D eigenvalue weighted by Gasteiger charge is 2.41. The fourth-order valence-electron chi connectivity index (χ4n) is 3.64. The zero-order valence-electron chi connectivity index (χ0n) is 13.4. The quantitative estimate of drug-likeness (QED) is 0.825. The minimum absolute atomic E-state index is 0.181. The topological polar surface area (TPSA) is 38.3 Å². The molecule has 2 aliphatic rings. The van der Waals surface area contributed by atoms with E-state index in [0.717, 1.165) is 37.1 Å². The van der Waals surface area contributed by atoms with Gasteiger partial charge in [-0.1, -0.05) is 29.8 Å². The van der Waals surface area contributed by atoms with Gasteiger partial charge in [0, 0.05) is 24.3 Å². The zero-order chi connectivity index (χ0) is 16.3. The van der Waals surface area contributed by atoms with E-state index in [4.69, 9.17) is 16.3 Å². The summed E-state index contributed by atoms with van der Waals surface area (Å²) in [5.74, 6) is 0.711. The number of carbonyl (C=O) groups excluding carboxylic acids is 1. The number of hydrogen-bond acceptors (Lipinski definition) is 2. The summed E-state index contributed by atoms with van der Waals surface area (Å²) >= 11 is 5.93. The average Bonchev–Trinajstić information content (AvgIpc) is 2.52. The minimum Gasteiger partial charge on any atom is -0.381 e. The number of amides is 1. The highest BCUT2D eigenvalue weighted by molar-refractivity contribution is 6.30. The van der Waals surface area contributed by atoms with Crippen molar-refractivity contribution < 1.29 is 9.53 Å². The second-order valence-corrected chi connectivity index (χ2v) is 7.21. The maximum Gasteiger partial charge on any atom is 0.226 e. The Kier molecular flexibility index (Phi) is 5.08. The Balaban J connectivity index is 1.55. The number of allylic oxidation sites excluding steroid dienone is 1. The molecular weight excluding hydrogens is 310 g/mol. The predicted octanol–water partition coefficient (Wildman–Crippen LogP) is 4.08. The van der Waals surface area contributed by atoms with E-state index in [1.165, 1.54) is 5.56 Å². The Labute approximate surface area is 143 Å². The normalized spacial score (nSPS) is 26.1. The lowest BCUT2D eigenvalue weighted by Gasteiger charge is -2.41. The van der Waals surface area contributed by atoms with Crippen LogP contribution < -0.4 is 5.32 Å². The van der Waals surface area contributed by atoms with E-state index in [2.05, 4.69) is 24.0 Å². The third-order valence-electron chi connectivity index (χ3n) is 5.28. The molecule has 0 bridgehead atoms. The van der Waals surface area contributed by atoms with Crippen molar-refractivity contribution in [3.05, 3.63) is 47.5 Å². The van der Waals surface area contributed by atoms with Crippen LogP contribution in [0.25, 0.3) is 0 Å². The Hall–Kier alpha value is -1.32. The van der Waals surface area contributed by atoms with Crippen molar-refractivity contribution in [1.29, 1.82) is 0 Å². The fraction of sp³-hybridized carbons (Fsp3) is 0.526. The van der Waals surface area contributed by atoms with Gasteiger partial charge in [-0.2, -0.15) is 0 Å². The zero-order valence-corrected chi connectivity index (χ0v) is 14.1. The molecule has 1 N–H and O–H groups in total. The van der Waals surface area contributed by atoms with Crippen molar-refractivity contribution >= 4 is 17.5 Å². The molecule has 0 radical (unpaired) electrons. The highest BCUT2D eigenvalue weighted by Crippen LogP contribution is 2.39. The molecule has 0 atom stereocenters. The molecule has 1 aliphatic heterocycles. The van der Waals surface area contributed by atoms with E-state index >= 15 is 0 Å². The molecule has 3 nitrogen and oxygen atoms in total. The van der Waals surface area contributed by atoms with Gasteiger partial charge in [0.15, 0.2) is 0 Å². The van der Waals surface area contributed by atoms with Crippen molar-refractivity contribution in [3.63, 3.8) is 0 Å². The highest BCUT2D eigenvalue weighted by atomic mass is 35.5. The summed E-state index contributed by atoms with van der Waals surface area (Å²) < 4.78 is 5.43. The standard InChI is InChI=1S/C19H24ClNO2/c1-2-7-19(8-10-23-11-9-19)18(22)21-17-12-15(13-17)14-3-5-16(20)6-4-14/h2-6,15,17H,1,7-13H2,(H,21,22). The molecule has 1 amide bonds. The second kappa shape index (κ2) is 7.06. The molecule has 0 spiro atoms. The average molecular weight is 334 g/mol. The number of benzene rings is 1. The third-order valence-corrected chi connectivity index (χ3v) is 5.53. The van der Waals surface area contributed by atoms with Crippen LogP contribution in [0.2, 0.25) is 5.02 Å². The lowest BCUT2D eigenvalue weighted by molar-refractivity contribution is -0.138. The molecule has 0 aromatic heterocycles. The summed E-state index contributed by atoms with van der Waals surface area (Å²) in [6, 6.07) is 8.33. The molecule has 23 heavy (non-hydrogen) atoms. The van der Waals surface area contributed by atoms with Crippen molar-refractivity contribution in [2.45, 2.75) is 44.1 Å². The van der Waals surface area contributed by atoms with E-state index in [1.807, 2.05) is 18.2 Å². The van der Waals surface area contributed by atoms with E-state index < -0.39 is 0 Å². The van der Waals surface area contributed by atoms with Crippen LogP contribution in [0, 0.1) is 5.41 Å².